The van der Waals surface area contributed by atoms with Crippen LogP contribution in [0.5, 0.6) is 0 Å². The van der Waals surface area contributed by atoms with E-state index < -0.39 is 0 Å². The van der Waals surface area contributed by atoms with Crippen LogP contribution in [-0.4, -0.2) is 67.9 Å². The summed E-state index contributed by atoms with van der Waals surface area (Å²) in [7, 11) is 0. The summed E-state index contributed by atoms with van der Waals surface area (Å²) < 4.78 is 10.4. The molecule has 2 aliphatic heterocycles. The van der Waals surface area contributed by atoms with Gasteiger partial charge in [0.1, 0.15) is 5.82 Å². The van der Waals surface area contributed by atoms with Crippen LogP contribution in [-0.2, 0) is 9.47 Å². The van der Waals surface area contributed by atoms with Gasteiger partial charge < -0.3 is 14.4 Å². The second-order valence-corrected chi connectivity index (χ2v) is 6.22. The number of morpholine rings is 1. The van der Waals surface area contributed by atoms with Crippen LogP contribution < -0.4 is 4.90 Å². The van der Waals surface area contributed by atoms with Crippen molar-refractivity contribution in [1.29, 1.82) is 0 Å². The second-order valence-electron chi connectivity index (χ2n) is 6.22. The molecule has 2 fully saturated rings. The number of pyridine rings is 1. The Hall–Kier alpha value is -1.66. The Morgan fingerprint density at radius 3 is 2.78 bits per heavy atom. The monoisotopic (exact) mass is 319 g/mol. The predicted molar refractivity (Wildman–Crippen MR) is 87.8 cm³/mol. The Labute approximate surface area is 137 Å². The molecule has 6 heteroatoms. The normalized spacial score (nSPS) is 25.6. The molecule has 1 aromatic rings. The quantitative estimate of drug-likeness (QED) is 0.782. The van der Waals surface area contributed by atoms with Crippen molar-refractivity contribution in [2.75, 3.05) is 50.9 Å². The lowest BCUT2D eigenvalue weighted by Crippen LogP contribution is -2.46. The first-order chi connectivity index (χ1) is 11.2. The SMILES string of the molecule is CCOC(=O)c1ccc(N2C[C@@H](N3CCOCC3)[C@@H](C)C2)nc1. The van der Waals surface area contributed by atoms with Gasteiger partial charge in [0.15, 0.2) is 0 Å². The maximum absolute atomic E-state index is 11.7. The van der Waals surface area contributed by atoms with Crippen LogP contribution in [0.1, 0.15) is 24.2 Å². The van der Waals surface area contributed by atoms with E-state index in [1.165, 1.54) is 0 Å². The molecule has 0 unspecified atom stereocenters. The predicted octanol–water partition coefficient (Wildman–Crippen LogP) is 1.42. The van der Waals surface area contributed by atoms with Crippen molar-refractivity contribution in [2.45, 2.75) is 19.9 Å². The molecule has 3 heterocycles. The molecule has 0 bridgehead atoms. The van der Waals surface area contributed by atoms with Crippen molar-refractivity contribution in [3.8, 4) is 0 Å². The van der Waals surface area contributed by atoms with Crippen molar-refractivity contribution in [1.82, 2.24) is 9.88 Å². The number of rotatable bonds is 4. The van der Waals surface area contributed by atoms with Gasteiger partial charge >= 0.3 is 5.97 Å². The summed E-state index contributed by atoms with van der Waals surface area (Å²) in [6.45, 7) is 10.1. The van der Waals surface area contributed by atoms with Crippen LogP contribution in [0.15, 0.2) is 18.3 Å². The molecule has 23 heavy (non-hydrogen) atoms. The summed E-state index contributed by atoms with van der Waals surface area (Å²) in [5.74, 6) is 1.22. The van der Waals surface area contributed by atoms with Crippen LogP contribution in [0.4, 0.5) is 5.82 Å². The third-order valence-electron chi connectivity index (χ3n) is 4.67. The van der Waals surface area contributed by atoms with E-state index in [-0.39, 0.29) is 5.97 Å². The molecule has 0 radical (unpaired) electrons. The fourth-order valence-electron chi connectivity index (χ4n) is 3.43. The van der Waals surface area contributed by atoms with Gasteiger partial charge in [-0.05, 0) is 25.0 Å². The summed E-state index contributed by atoms with van der Waals surface area (Å²) >= 11 is 0. The Balaban J connectivity index is 1.64. The highest BCUT2D eigenvalue weighted by Gasteiger charge is 2.35. The highest BCUT2D eigenvalue weighted by atomic mass is 16.5. The maximum Gasteiger partial charge on any atom is 0.339 e. The average Bonchev–Trinajstić information content (AvgIpc) is 2.98. The van der Waals surface area contributed by atoms with Gasteiger partial charge in [0, 0.05) is 38.4 Å². The van der Waals surface area contributed by atoms with E-state index in [4.69, 9.17) is 9.47 Å². The number of anilines is 1. The van der Waals surface area contributed by atoms with Crippen LogP contribution in [0, 0.1) is 5.92 Å². The van der Waals surface area contributed by atoms with Crippen LogP contribution >= 0.6 is 0 Å². The number of ether oxygens (including phenoxy) is 2. The molecule has 2 atom stereocenters. The minimum Gasteiger partial charge on any atom is -0.462 e. The minimum absolute atomic E-state index is 0.312. The third-order valence-corrected chi connectivity index (χ3v) is 4.67. The zero-order valence-electron chi connectivity index (χ0n) is 13.9. The molecule has 3 rings (SSSR count). The van der Waals surface area contributed by atoms with Gasteiger partial charge in [0.25, 0.3) is 0 Å². The van der Waals surface area contributed by atoms with Crippen LogP contribution in [0.25, 0.3) is 0 Å². The second kappa shape index (κ2) is 7.27. The van der Waals surface area contributed by atoms with E-state index in [0.29, 0.717) is 24.1 Å². The minimum atomic E-state index is -0.312. The molecule has 126 valence electrons. The lowest BCUT2D eigenvalue weighted by atomic mass is 10.0. The van der Waals surface area contributed by atoms with Gasteiger partial charge in [-0.1, -0.05) is 6.92 Å². The number of aromatic nitrogens is 1. The average molecular weight is 319 g/mol. The Kier molecular flexibility index (Phi) is 5.13. The van der Waals surface area contributed by atoms with Gasteiger partial charge in [-0.2, -0.15) is 0 Å². The van der Waals surface area contributed by atoms with Gasteiger partial charge in [-0.3, -0.25) is 4.90 Å². The van der Waals surface area contributed by atoms with Crippen molar-refractivity contribution in [2.24, 2.45) is 5.92 Å². The van der Waals surface area contributed by atoms with E-state index in [1.54, 1.807) is 19.2 Å². The molecule has 0 aromatic carbocycles. The van der Waals surface area contributed by atoms with E-state index in [9.17, 15) is 4.79 Å². The molecule has 0 aliphatic carbocycles. The summed E-state index contributed by atoms with van der Waals surface area (Å²) in [6.07, 6.45) is 1.61. The lowest BCUT2D eigenvalue weighted by Gasteiger charge is -2.34. The number of hydrogen-bond acceptors (Lipinski definition) is 6. The van der Waals surface area contributed by atoms with Crippen molar-refractivity contribution in [3.05, 3.63) is 23.9 Å². The van der Waals surface area contributed by atoms with Crippen molar-refractivity contribution < 1.29 is 14.3 Å². The maximum atomic E-state index is 11.7. The van der Waals surface area contributed by atoms with Gasteiger partial charge in [-0.15, -0.1) is 0 Å². The number of carbonyl (C=O) groups is 1. The summed E-state index contributed by atoms with van der Waals surface area (Å²) in [5.41, 5.74) is 0.507. The van der Waals surface area contributed by atoms with E-state index in [2.05, 4.69) is 21.7 Å². The number of carbonyl (C=O) groups excluding carboxylic acids is 1. The molecular formula is C17H25N3O3. The van der Waals surface area contributed by atoms with Gasteiger partial charge in [0.05, 0.1) is 25.4 Å². The summed E-state index contributed by atoms with van der Waals surface area (Å²) in [4.78, 5) is 21.0. The topological polar surface area (TPSA) is 54.9 Å². The highest BCUT2D eigenvalue weighted by Crippen LogP contribution is 2.26. The Morgan fingerprint density at radius 2 is 2.13 bits per heavy atom. The molecule has 0 amide bonds. The van der Waals surface area contributed by atoms with Crippen LogP contribution in [0.3, 0.4) is 0 Å². The molecule has 0 saturated carbocycles. The molecule has 6 nitrogen and oxygen atoms in total. The smallest absolute Gasteiger partial charge is 0.339 e. The first-order valence-electron chi connectivity index (χ1n) is 8.39. The number of nitrogens with zero attached hydrogens (tertiary/aromatic N) is 3. The van der Waals surface area contributed by atoms with Crippen molar-refractivity contribution in [3.63, 3.8) is 0 Å². The zero-order valence-corrected chi connectivity index (χ0v) is 13.9. The largest absolute Gasteiger partial charge is 0.462 e. The zero-order chi connectivity index (χ0) is 16.2. The number of hydrogen-bond donors (Lipinski definition) is 0. The fraction of sp³-hybridized carbons (Fsp3) is 0.647. The highest BCUT2D eigenvalue weighted by molar-refractivity contribution is 5.89. The molecule has 0 spiro atoms. The van der Waals surface area contributed by atoms with Crippen LogP contribution in [0.2, 0.25) is 0 Å². The van der Waals surface area contributed by atoms with Crippen molar-refractivity contribution >= 4 is 11.8 Å². The van der Waals surface area contributed by atoms with Gasteiger partial charge in [0.2, 0.25) is 0 Å². The first-order valence-corrected chi connectivity index (χ1v) is 8.39. The van der Waals surface area contributed by atoms with Gasteiger partial charge in [-0.25, -0.2) is 9.78 Å². The Morgan fingerprint density at radius 1 is 1.35 bits per heavy atom. The summed E-state index contributed by atoms with van der Waals surface area (Å²) in [6, 6.07) is 4.26. The molecule has 1 aromatic heterocycles. The molecule has 2 saturated heterocycles. The fourth-order valence-corrected chi connectivity index (χ4v) is 3.43. The standard InChI is InChI=1S/C17H25N3O3/c1-3-23-17(21)14-4-5-16(18-10-14)20-11-13(2)15(12-20)19-6-8-22-9-7-19/h4-5,10,13,15H,3,6-9,11-12H2,1-2H3/t13-,15+/m0/s1. The third kappa shape index (κ3) is 3.64. The first kappa shape index (κ1) is 16.2. The van der Waals surface area contributed by atoms with E-state index >= 15 is 0 Å². The molecular weight excluding hydrogens is 294 g/mol. The summed E-state index contributed by atoms with van der Waals surface area (Å²) in [5, 5.41) is 0. The Bertz CT molecular complexity index is 528. The van der Waals surface area contributed by atoms with E-state index in [1.807, 2.05) is 6.07 Å². The molecule has 0 N–H and O–H groups in total. The lowest BCUT2D eigenvalue weighted by molar-refractivity contribution is 0.0134. The molecule has 2 aliphatic rings. The number of esters is 1. The van der Waals surface area contributed by atoms with E-state index in [0.717, 1.165) is 45.2 Å².